The van der Waals surface area contributed by atoms with E-state index in [0.29, 0.717) is 6.54 Å². The van der Waals surface area contributed by atoms with Crippen LogP contribution < -0.4 is 5.73 Å². The lowest BCUT2D eigenvalue weighted by molar-refractivity contribution is -0.0584. The van der Waals surface area contributed by atoms with Crippen LogP contribution in [0.5, 0.6) is 0 Å². The molecule has 2 N–H and O–H groups in total. The fourth-order valence-electron chi connectivity index (χ4n) is 2.83. The van der Waals surface area contributed by atoms with E-state index in [1.54, 1.807) is 6.26 Å². The van der Waals surface area contributed by atoms with E-state index in [9.17, 15) is 0 Å². The molecular formula is C14H24N2O2. The predicted octanol–water partition coefficient (Wildman–Crippen LogP) is 1.92. The van der Waals surface area contributed by atoms with Gasteiger partial charge in [0.15, 0.2) is 0 Å². The summed E-state index contributed by atoms with van der Waals surface area (Å²) < 4.78 is 11.0. The number of furan rings is 1. The number of nitrogens with zero attached hydrogens (tertiary/aromatic N) is 1. The monoisotopic (exact) mass is 252 g/mol. The molecule has 0 aliphatic carbocycles. The predicted molar refractivity (Wildman–Crippen MR) is 71.3 cm³/mol. The van der Waals surface area contributed by atoms with Crippen molar-refractivity contribution in [2.75, 3.05) is 20.2 Å². The Balaban J connectivity index is 2.09. The van der Waals surface area contributed by atoms with E-state index >= 15 is 0 Å². The molecular weight excluding hydrogens is 228 g/mol. The zero-order valence-corrected chi connectivity index (χ0v) is 11.6. The van der Waals surface area contributed by atoms with Gasteiger partial charge in [0, 0.05) is 30.8 Å². The zero-order valence-electron chi connectivity index (χ0n) is 11.6. The minimum Gasteiger partial charge on any atom is -0.469 e. The van der Waals surface area contributed by atoms with Crippen molar-refractivity contribution in [2.24, 2.45) is 5.73 Å². The minimum absolute atomic E-state index is 0.0569. The minimum atomic E-state index is 0.0569. The van der Waals surface area contributed by atoms with Gasteiger partial charge in [-0.3, -0.25) is 4.90 Å². The zero-order chi connectivity index (χ0) is 13.2. The van der Waals surface area contributed by atoms with Gasteiger partial charge in [-0.1, -0.05) is 0 Å². The molecule has 0 amide bonds. The van der Waals surface area contributed by atoms with Gasteiger partial charge in [-0.2, -0.15) is 0 Å². The lowest BCUT2D eigenvalue weighted by atomic mass is 9.85. The molecule has 102 valence electrons. The highest BCUT2D eigenvalue weighted by molar-refractivity contribution is 5.16. The summed E-state index contributed by atoms with van der Waals surface area (Å²) in [6, 6.07) is 2.04. The van der Waals surface area contributed by atoms with Gasteiger partial charge >= 0.3 is 0 Å². The molecule has 0 spiro atoms. The molecule has 0 bridgehead atoms. The molecule has 1 aliphatic rings. The van der Waals surface area contributed by atoms with Gasteiger partial charge in [-0.05, 0) is 39.8 Å². The second-order valence-electron chi connectivity index (χ2n) is 5.42. The first-order chi connectivity index (χ1) is 8.57. The summed E-state index contributed by atoms with van der Waals surface area (Å²) in [6.07, 6.45) is 4.04. The lowest BCUT2D eigenvalue weighted by Crippen LogP contribution is -2.56. The molecule has 1 saturated heterocycles. The third kappa shape index (κ3) is 2.60. The van der Waals surface area contributed by atoms with Crippen LogP contribution in [0.1, 0.15) is 31.1 Å². The van der Waals surface area contributed by atoms with Gasteiger partial charge in [-0.25, -0.2) is 0 Å². The highest BCUT2D eigenvalue weighted by Crippen LogP contribution is 2.30. The molecule has 4 nitrogen and oxygen atoms in total. The Morgan fingerprint density at radius 2 is 2.33 bits per heavy atom. The lowest BCUT2D eigenvalue weighted by Gasteiger charge is -2.45. The van der Waals surface area contributed by atoms with Crippen LogP contribution in [0.3, 0.4) is 0 Å². The Morgan fingerprint density at radius 1 is 1.56 bits per heavy atom. The van der Waals surface area contributed by atoms with Crippen LogP contribution in [0.4, 0.5) is 0 Å². The van der Waals surface area contributed by atoms with E-state index < -0.39 is 0 Å². The largest absolute Gasteiger partial charge is 0.469 e. The Kier molecular flexibility index (Phi) is 4.10. The summed E-state index contributed by atoms with van der Waals surface area (Å²) in [7, 11) is 2.15. The van der Waals surface area contributed by atoms with Gasteiger partial charge in [0.25, 0.3) is 0 Å². The molecule has 1 fully saturated rings. The molecule has 0 saturated carbocycles. The summed E-state index contributed by atoms with van der Waals surface area (Å²) in [5.41, 5.74) is 7.34. The van der Waals surface area contributed by atoms with E-state index in [4.69, 9.17) is 14.9 Å². The molecule has 2 atom stereocenters. The van der Waals surface area contributed by atoms with Gasteiger partial charge in [0.1, 0.15) is 5.76 Å². The van der Waals surface area contributed by atoms with Crippen molar-refractivity contribution < 1.29 is 9.15 Å². The van der Waals surface area contributed by atoms with Gasteiger partial charge in [0.2, 0.25) is 0 Å². The summed E-state index contributed by atoms with van der Waals surface area (Å²) in [5.74, 6) is 0.995. The number of hydrogen-bond acceptors (Lipinski definition) is 4. The quantitative estimate of drug-likeness (QED) is 0.889. The van der Waals surface area contributed by atoms with Crippen LogP contribution in [0.2, 0.25) is 0 Å². The smallest absolute Gasteiger partial charge is 0.105 e. The highest BCUT2D eigenvalue weighted by Gasteiger charge is 2.38. The molecule has 18 heavy (non-hydrogen) atoms. The maximum Gasteiger partial charge on any atom is 0.105 e. The van der Waals surface area contributed by atoms with Crippen molar-refractivity contribution in [3.63, 3.8) is 0 Å². The Morgan fingerprint density at radius 3 is 2.89 bits per heavy atom. The van der Waals surface area contributed by atoms with E-state index in [1.165, 1.54) is 5.56 Å². The number of ether oxygens (including phenoxy) is 1. The normalized spacial score (nSPS) is 28.8. The molecule has 1 aromatic heterocycles. The van der Waals surface area contributed by atoms with Gasteiger partial charge in [-0.15, -0.1) is 0 Å². The number of likely N-dealkylation sites (N-methyl/N-ethyl adjacent to an activating group) is 1. The van der Waals surface area contributed by atoms with Crippen LogP contribution >= 0.6 is 0 Å². The standard InChI is InChI=1S/C14H24N2O2/c1-11-8-14(10-15,5-7-17-11)16(3)9-13-4-6-18-12(13)2/h4,6,11H,5,7-10,15H2,1-3H3. The molecule has 0 aromatic carbocycles. The van der Waals surface area contributed by atoms with Crippen molar-refractivity contribution in [3.8, 4) is 0 Å². The third-order valence-corrected chi connectivity index (χ3v) is 4.20. The van der Waals surface area contributed by atoms with Crippen molar-refractivity contribution in [3.05, 3.63) is 23.7 Å². The Labute approximate surface area is 109 Å². The second-order valence-corrected chi connectivity index (χ2v) is 5.42. The SMILES string of the molecule is Cc1occc1CN(C)C1(CN)CCOC(C)C1. The fraction of sp³-hybridized carbons (Fsp3) is 0.714. The summed E-state index contributed by atoms with van der Waals surface area (Å²) in [6.45, 7) is 6.48. The van der Waals surface area contributed by atoms with Crippen molar-refractivity contribution in [2.45, 2.75) is 44.9 Å². The third-order valence-electron chi connectivity index (χ3n) is 4.20. The number of nitrogens with two attached hydrogens (primary N) is 1. The summed E-state index contributed by atoms with van der Waals surface area (Å²) >= 11 is 0. The van der Waals surface area contributed by atoms with Crippen molar-refractivity contribution in [1.82, 2.24) is 4.90 Å². The van der Waals surface area contributed by atoms with E-state index in [1.807, 2.05) is 13.0 Å². The molecule has 1 aromatic rings. The second kappa shape index (κ2) is 5.43. The topological polar surface area (TPSA) is 51.6 Å². The van der Waals surface area contributed by atoms with E-state index in [0.717, 1.165) is 31.8 Å². The van der Waals surface area contributed by atoms with Crippen LogP contribution in [0.25, 0.3) is 0 Å². The molecule has 4 heteroatoms. The average Bonchev–Trinajstić information content (AvgIpc) is 2.75. The summed E-state index contributed by atoms with van der Waals surface area (Å²) in [4.78, 5) is 2.36. The van der Waals surface area contributed by atoms with E-state index in [-0.39, 0.29) is 11.6 Å². The number of rotatable bonds is 4. The van der Waals surface area contributed by atoms with Crippen LogP contribution in [-0.4, -0.2) is 36.7 Å². The van der Waals surface area contributed by atoms with Gasteiger partial charge in [0.05, 0.1) is 12.4 Å². The summed E-state index contributed by atoms with van der Waals surface area (Å²) in [5, 5.41) is 0. The average molecular weight is 252 g/mol. The number of hydrogen-bond donors (Lipinski definition) is 1. The Hall–Kier alpha value is -0.840. The first-order valence-corrected chi connectivity index (χ1v) is 6.63. The maximum atomic E-state index is 6.05. The van der Waals surface area contributed by atoms with Gasteiger partial charge < -0.3 is 14.9 Å². The van der Waals surface area contributed by atoms with Crippen LogP contribution in [0.15, 0.2) is 16.7 Å². The molecule has 1 aliphatic heterocycles. The van der Waals surface area contributed by atoms with Crippen molar-refractivity contribution in [1.29, 1.82) is 0 Å². The van der Waals surface area contributed by atoms with E-state index in [2.05, 4.69) is 18.9 Å². The highest BCUT2D eigenvalue weighted by atomic mass is 16.5. The van der Waals surface area contributed by atoms with Crippen LogP contribution in [0, 0.1) is 6.92 Å². The first kappa shape index (κ1) is 13.6. The van der Waals surface area contributed by atoms with Crippen LogP contribution in [-0.2, 0) is 11.3 Å². The number of aryl methyl sites for hydroxylation is 1. The molecule has 2 rings (SSSR count). The molecule has 0 radical (unpaired) electrons. The molecule has 2 unspecified atom stereocenters. The molecule has 2 heterocycles. The fourth-order valence-corrected chi connectivity index (χ4v) is 2.83. The maximum absolute atomic E-state index is 6.05. The first-order valence-electron chi connectivity index (χ1n) is 6.63. The Bertz CT molecular complexity index is 391. The van der Waals surface area contributed by atoms with Crippen molar-refractivity contribution >= 4 is 0 Å².